The third kappa shape index (κ3) is 3.05. The van der Waals surface area contributed by atoms with Crippen molar-refractivity contribution in [3.05, 3.63) is 59.8 Å². The normalized spacial score (nSPS) is 14.4. The molecule has 1 aliphatic rings. The van der Waals surface area contributed by atoms with Crippen molar-refractivity contribution in [2.45, 2.75) is 6.92 Å². The molecule has 0 atom stereocenters. The van der Waals surface area contributed by atoms with Crippen LogP contribution < -0.4 is 0 Å². The highest BCUT2D eigenvalue weighted by Crippen LogP contribution is 2.33. The molecule has 4 aromatic rings. The highest BCUT2D eigenvalue weighted by atomic mass is 19.1. The van der Waals surface area contributed by atoms with Gasteiger partial charge in [-0.25, -0.2) is 4.39 Å². The number of nitrogens with zero attached hydrogens (tertiary/aromatic N) is 5. The smallest absolute Gasteiger partial charge is 0.256 e. The summed E-state index contributed by atoms with van der Waals surface area (Å²) >= 11 is 0. The lowest BCUT2D eigenvalue weighted by atomic mass is 10.0. The fraction of sp³-hybridized carbons (Fsp3) is 0.227. The van der Waals surface area contributed by atoms with Gasteiger partial charge >= 0.3 is 0 Å². The van der Waals surface area contributed by atoms with Crippen molar-refractivity contribution in [3.8, 4) is 11.3 Å². The maximum Gasteiger partial charge on any atom is 0.256 e. The summed E-state index contributed by atoms with van der Waals surface area (Å²) in [5, 5.41) is 9.42. The fourth-order valence-electron chi connectivity index (χ4n) is 3.76. The van der Waals surface area contributed by atoms with E-state index in [0.29, 0.717) is 70.6 Å². The molecule has 0 bridgehead atoms. The maximum atomic E-state index is 14.7. The van der Waals surface area contributed by atoms with Gasteiger partial charge in [0.05, 0.1) is 41.9 Å². The van der Waals surface area contributed by atoms with Gasteiger partial charge in [-0.1, -0.05) is 12.1 Å². The van der Waals surface area contributed by atoms with Crippen LogP contribution in [0.25, 0.3) is 33.1 Å². The molecule has 0 saturated carbocycles. The number of morpholine rings is 1. The van der Waals surface area contributed by atoms with E-state index >= 15 is 0 Å². The van der Waals surface area contributed by atoms with Crippen LogP contribution in [0.5, 0.6) is 0 Å². The first-order chi connectivity index (χ1) is 14.6. The molecular formula is C22H18FN5O2. The van der Waals surface area contributed by atoms with E-state index in [4.69, 9.17) is 4.74 Å². The number of hydrogen-bond acceptors (Lipinski definition) is 6. The number of rotatable bonds is 2. The minimum atomic E-state index is -0.392. The Morgan fingerprint density at radius 3 is 2.70 bits per heavy atom. The SMILES string of the molecule is Cc1cnc2c(cc(C(=O)N3CCOCC3)c3nncc32)c(-c2ccccc2F)n1. The van der Waals surface area contributed by atoms with Gasteiger partial charge in [-0.15, -0.1) is 5.10 Å². The number of carbonyl (C=O) groups is 1. The van der Waals surface area contributed by atoms with Gasteiger partial charge in [0.1, 0.15) is 11.3 Å². The molecule has 8 heteroatoms. The van der Waals surface area contributed by atoms with Gasteiger partial charge in [0, 0.05) is 35.6 Å². The summed E-state index contributed by atoms with van der Waals surface area (Å²) in [6.45, 7) is 3.80. The second-order valence-corrected chi connectivity index (χ2v) is 7.17. The number of fused-ring (bicyclic) bond motifs is 3. The molecule has 5 rings (SSSR count). The topological polar surface area (TPSA) is 81.1 Å². The van der Waals surface area contributed by atoms with Crippen molar-refractivity contribution in [2.75, 3.05) is 26.3 Å². The summed E-state index contributed by atoms with van der Waals surface area (Å²) in [5.74, 6) is -0.551. The van der Waals surface area contributed by atoms with E-state index < -0.39 is 5.82 Å². The molecule has 0 unspecified atom stereocenters. The summed E-state index contributed by atoms with van der Waals surface area (Å²) in [5.41, 5.74) is 2.87. The summed E-state index contributed by atoms with van der Waals surface area (Å²) < 4.78 is 20.0. The number of benzene rings is 2. The van der Waals surface area contributed by atoms with Gasteiger partial charge in [-0.2, -0.15) is 5.10 Å². The van der Waals surface area contributed by atoms with Crippen LogP contribution in [0.3, 0.4) is 0 Å². The summed E-state index contributed by atoms with van der Waals surface area (Å²) in [4.78, 5) is 24.2. The molecule has 0 radical (unpaired) electrons. The molecule has 0 N–H and O–H groups in total. The number of amides is 1. The van der Waals surface area contributed by atoms with Crippen molar-refractivity contribution in [1.29, 1.82) is 0 Å². The zero-order valence-corrected chi connectivity index (χ0v) is 16.3. The van der Waals surface area contributed by atoms with Crippen molar-refractivity contribution >= 4 is 27.7 Å². The molecule has 2 aromatic heterocycles. The van der Waals surface area contributed by atoms with Crippen molar-refractivity contribution in [1.82, 2.24) is 25.1 Å². The Labute approximate surface area is 171 Å². The van der Waals surface area contributed by atoms with Gasteiger partial charge in [0.25, 0.3) is 5.91 Å². The molecule has 1 amide bonds. The molecule has 1 fully saturated rings. The van der Waals surface area contributed by atoms with Crippen LogP contribution in [0.1, 0.15) is 16.1 Å². The highest BCUT2D eigenvalue weighted by Gasteiger charge is 2.24. The Kier molecular flexibility index (Phi) is 4.55. The predicted molar refractivity (Wildman–Crippen MR) is 109 cm³/mol. The maximum absolute atomic E-state index is 14.7. The van der Waals surface area contributed by atoms with E-state index in [1.807, 2.05) is 0 Å². The molecule has 1 aliphatic heterocycles. The first-order valence-electron chi connectivity index (χ1n) is 9.67. The molecule has 1 saturated heterocycles. The molecule has 150 valence electrons. The number of halogens is 1. The zero-order valence-electron chi connectivity index (χ0n) is 16.3. The lowest BCUT2D eigenvalue weighted by Gasteiger charge is -2.27. The lowest BCUT2D eigenvalue weighted by molar-refractivity contribution is 0.0304. The van der Waals surface area contributed by atoms with Crippen LogP contribution >= 0.6 is 0 Å². The van der Waals surface area contributed by atoms with Crippen LogP contribution in [-0.4, -0.2) is 57.3 Å². The van der Waals surface area contributed by atoms with Gasteiger partial charge < -0.3 is 9.64 Å². The van der Waals surface area contributed by atoms with Crippen LogP contribution in [0, 0.1) is 12.7 Å². The molecule has 0 spiro atoms. The lowest BCUT2D eigenvalue weighted by Crippen LogP contribution is -2.40. The molecule has 30 heavy (non-hydrogen) atoms. The Morgan fingerprint density at radius 2 is 1.90 bits per heavy atom. The summed E-state index contributed by atoms with van der Waals surface area (Å²) in [6, 6.07) is 8.16. The third-order valence-electron chi connectivity index (χ3n) is 5.24. The van der Waals surface area contributed by atoms with Gasteiger partial charge in [0.2, 0.25) is 0 Å². The van der Waals surface area contributed by atoms with E-state index in [0.717, 1.165) is 0 Å². The van der Waals surface area contributed by atoms with Gasteiger partial charge in [-0.05, 0) is 25.1 Å². The molecule has 7 nitrogen and oxygen atoms in total. The Hall–Kier alpha value is -3.52. The number of hydrogen-bond donors (Lipinski definition) is 0. The molecule has 3 heterocycles. The number of carbonyl (C=O) groups excluding carboxylic acids is 1. The van der Waals surface area contributed by atoms with E-state index in [2.05, 4.69) is 20.2 Å². The Balaban J connectivity index is 1.84. The van der Waals surface area contributed by atoms with E-state index in [1.54, 1.807) is 48.5 Å². The second-order valence-electron chi connectivity index (χ2n) is 7.17. The monoisotopic (exact) mass is 403 g/mol. The fourth-order valence-corrected chi connectivity index (χ4v) is 3.76. The summed E-state index contributed by atoms with van der Waals surface area (Å²) in [7, 11) is 0. The first kappa shape index (κ1) is 18.5. The van der Waals surface area contributed by atoms with Crippen LogP contribution in [0.15, 0.2) is 42.7 Å². The Bertz CT molecular complexity index is 1290. The van der Waals surface area contributed by atoms with Gasteiger partial charge in [0.15, 0.2) is 0 Å². The van der Waals surface area contributed by atoms with Crippen molar-refractivity contribution < 1.29 is 13.9 Å². The number of aryl methyl sites for hydroxylation is 1. The van der Waals surface area contributed by atoms with Crippen molar-refractivity contribution in [3.63, 3.8) is 0 Å². The standard InChI is InChI=1S/C22H18FN5O2/c1-13-11-24-19-15(20(26-13)14-4-2-3-5-18(14)23)10-16(21-17(19)12-25-27-21)22(29)28-6-8-30-9-7-28/h2-5,10-12H,6-9H2,1H3. The third-order valence-corrected chi connectivity index (χ3v) is 5.24. The molecular weight excluding hydrogens is 385 g/mol. The minimum absolute atomic E-state index is 0.159. The van der Waals surface area contributed by atoms with Crippen molar-refractivity contribution in [2.24, 2.45) is 0 Å². The van der Waals surface area contributed by atoms with Crippen LogP contribution in [0.2, 0.25) is 0 Å². The Morgan fingerprint density at radius 1 is 1.10 bits per heavy atom. The van der Waals surface area contributed by atoms with E-state index in [9.17, 15) is 9.18 Å². The molecule has 0 aliphatic carbocycles. The average molecular weight is 403 g/mol. The minimum Gasteiger partial charge on any atom is -0.378 e. The van der Waals surface area contributed by atoms with Crippen LogP contribution in [-0.2, 0) is 4.74 Å². The quantitative estimate of drug-likeness (QED) is 0.511. The number of ether oxygens (including phenoxy) is 1. The van der Waals surface area contributed by atoms with E-state index in [-0.39, 0.29) is 5.91 Å². The predicted octanol–water partition coefficient (Wildman–Crippen LogP) is 3.16. The van der Waals surface area contributed by atoms with E-state index in [1.165, 1.54) is 6.07 Å². The van der Waals surface area contributed by atoms with Gasteiger partial charge in [-0.3, -0.25) is 14.8 Å². The zero-order chi connectivity index (χ0) is 20.7. The first-order valence-corrected chi connectivity index (χ1v) is 9.67. The number of aromatic nitrogens is 4. The van der Waals surface area contributed by atoms with Crippen LogP contribution in [0.4, 0.5) is 4.39 Å². The largest absolute Gasteiger partial charge is 0.378 e. The highest BCUT2D eigenvalue weighted by molar-refractivity contribution is 6.16. The average Bonchev–Trinajstić information content (AvgIpc) is 3.20. The summed E-state index contributed by atoms with van der Waals surface area (Å²) in [6.07, 6.45) is 3.21. The molecule has 2 aromatic carbocycles. The second kappa shape index (κ2) is 7.38.